The number of carbonyl (C=O) groups excluding carboxylic acids is 2. The van der Waals surface area contributed by atoms with Gasteiger partial charge >= 0.3 is 5.97 Å². The Kier molecular flexibility index (Phi) is 4.79. The van der Waals surface area contributed by atoms with Gasteiger partial charge in [-0.3, -0.25) is 4.79 Å². The van der Waals surface area contributed by atoms with Crippen LogP contribution in [-0.4, -0.2) is 30.1 Å². The van der Waals surface area contributed by atoms with Crippen molar-refractivity contribution in [2.45, 2.75) is 13.8 Å². The van der Waals surface area contributed by atoms with Crippen molar-refractivity contribution in [3.8, 4) is 28.1 Å². The third-order valence-corrected chi connectivity index (χ3v) is 3.74. The second-order valence-corrected chi connectivity index (χ2v) is 5.41. The van der Waals surface area contributed by atoms with Crippen LogP contribution in [0.2, 0.25) is 0 Å². The van der Waals surface area contributed by atoms with Gasteiger partial charge in [0.15, 0.2) is 12.4 Å². The van der Waals surface area contributed by atoms with Crippen molar-refractivity contribution in [1.82, 2.24) is 5.16 Å². The molecule has 25 heavy (non-hydrogen) atoms. The van der Waals surface area contributed by atoms with Crippen LogP contribution in [0.5, 0.6) is 5.75 Å². The van der Waals surface area contributed by atoms with E-state index in [1.54, 1.807) is 25.1 Å². The Morgan fingerprint density at radius 3 is 2.52 bits per heavy atom. The van der Waals surface area contributed by atoms with Crippen molar-refractivity contribution in [3.63, 3.8) is 0 Å². The van der Waals surface area contributed by atoms with Crippen LogP contribution in [0.15, 0.2) is 47.2 Å². The van der Waals surface area contributed by atoms with Crippen LogP contribution in [-0.2, 0) is 9.53 Å². The molecular weight excluding hydrogens is 322 g/mol. The average molecular weight is 339 g/mol. The quantitative estimate of drug-likeness (QED) is 0.504. The van der Waals surface area contributed by atoms with Crippen LogP contribution in [0.1, 0.15) is 24.2 Å². The van der Waals surface area contributed by atoms with Gasteiger partial charge in [0.2, 0.25) is 0 Å². The summed E-state index contributed by atoms with van der Waals surface area (Å²) in [4.78, 5) is 23.0. The molecule has 0 fully saturated rings. The van der Waals surface area contributed by atoms with E-state index in [0.717, 1.165) is 16.7 Å². The zero-order chi connectivity index (χ0) is 17.8. The maximum Gasteiger partial charge on any atom is 0.344 e. The van der Waals surface area contributed by atoms with Gasteiger partial charge in [-0.05, 0) is 44.2 Å². The Morgan fingerprint density at radius 1 is 1.08 bits per heavy atom. The van der Waals surface area contributed by atoms with Crippen LogP contribution in [0.3, 0.4) is 0 Å². The number of aromatic nitrogens is 1. The first kappa shape index (κ1) is 16.7. The fourth-order valence-corrected chi connectivity index (χ4v) is 2.57. The molecule has 1 aliphatic heterocycles. The van der Waals surface area contributed by atoms with E-state index in [4.69, 9.17) is 14.0 Å². The molecule has 6 nitrogen and oxygen atoms in total. The fraction of sp³-hybridized carbons (Fsp3) is 0.211. The summed E-state index contributed by atoms with van der Waals surface area (Å²) in [5, 5.41) is 4.08. The van der Waals surface area contributed by atoms with Crippen molar-refractivity contribution in [1.29, 1.82) is 0 Å². The van der Waals surface area contributed by atoms with Gasteiger partial charge in [-0.2, -0.15) is 0 Å². The first-order chi connectivity index (χ1) is 12.1. The van der Waals surface area contributed by atoms with E-state index in [1.807, 2.05) is 18.2 Å². The number of benzene rings is 1. The van der Waals surface area contributed by atoms with Crippen LogP contribution in [0.4, 0.5) is 0 Å². The Balaban J connectivity index is 1.80. The summed E-state index contributed by atoms with van der Waals surface area (Å²) in [6, 6.07) is 10.7. The van der Waals surface area contributed by atoms with Gasteiger partial charge < -0.3 is 14.0 Å². The number of nitrogens with zero attached hydrogens (tertiary/aromatic N) is 1. The van der Waals surface area contributed by atoms with Crippen LogP contribution in [0, 0.1) is 0 Å². The number of hydrogen-bond acceptors (Lipinski definition) is 6. The number of rotatable bonds is 6. The first-order valence-corrected chi connectivity index (χ1v) is 7.87. The lowest BCUT2D eigenvalue weighted by Gasteiger charge is -2.09. The number of fused-ring (bicyclic) bond motifs is 1. The van der Waals surface area contributed by atoms with E-state index in [-0.39, 0.29) is 12.4 Å². The maximum atomic E-state index is 11.7. The fourth-order valence-electron chi connectivity index (χ4n) is 2.57. The number of ketones is 1. The number of esters is 1. The largest absolute Gasteiger partial charge is 0.482 e. The summed E-state index contributed by atoms with van der Waals surface area (Å²) >= 11 is 0. The molecule has 1 aromatic rings. The molecule has 0 N–H and O–H groups in total. The molecule has 3 rings (SSSR count). The maximum absolute atomic E-state index is 11.7. The lowest BCUT2D eigenvalue weighted by molar-refractivity contribution is -0.145. The van der Waals surface area contributed by atoms with Gasteiger partial charge in [0.1, 0.15) is 17.7 Å². The number of hydrogen-bond donors (Lipinski definition) is 0. The van der Waals surface area contributed by atoms with E-state index in [2.05, 4.69) is 5.16 Å². The molecule has 0 amide bonds. The summed E-state index contributed by atoms with van der Waals surface area (Å²) in [5.41, 5.74) is 3.65. The SMILES string of the molecule is CCOC(=O)COc1ccc(-c2nocc3c(C(C)=O)ccc2-3)cc1. The zero-order valence-corrected chi connectivity index (χ0v) is 13.9. The Morgan fingerprint density at radius 2 is 1.84 bits per heavy atom. The molecule has 6 heteroatoms. The second-order valence-electron chi connectivity index (χ2n) is 5.41. The number of ether oxygens (including phenoxy) is 2. The summed E-state index contributed by atoms with van der Waals surface area (Å²) in [6.45, 7) is 3.44. The standard InChI is InChI=1S/C19H17NO5/c1-3-23-18(22)11-24-14-6-4-13(5-7-14)19-16-9-8-15(12(2)21)17(16)10-25-20-19/h4-10H,3,11H2,1-2H3. The van der Waals surface area contributed by atoms with Crippen molar-refractivity contribution < 1.29 is 23.6 Å². The molecule has 0 radical (unpaired) electrons. The van der Waals surface area contributed by atoms with Crippen LogP contribution >= 0.6 is 0 Å². The first-order valence-electron chi connectivity index (χ1n) is 7.87. The average Bonchev–Trinajstić information content (AvgIpc) is 3.05. The highest BCUT2D eigenvalue weighted by Gasteiger charge is 2.19. The van der Waals surface area contributed by atoms with E-state index >= 15 is 0 Å². The molecule has 0 spiro atoms. The minimum Gasteiger partial charge on any atom is -0.482 e. The minimum absolute atomic E-state index is 0.0231. The highest BCUT2D eigenvalue weighted by Crippen LogP contribution is 2.36. The van der Waals surface area contributed by atoms with E-state index in [9.17, 15) is 9.59 Å². The van der Waals surface area contributed by atoms with Crippen molar-refractivity contribution in [3.05, 3.63) is 48.2 Å². The lowest BCUT2D eigenvalue weighted by Crippen LogP contribution is -2.14. The molecule has 0 saturated heterocycles. The monoisotopic (exact) mass is 339 g/mol. The minimum atomic E-state index is -0.412. The predicted octanol–water partition coefficient (Wildman–Crippen LogP) is 3.59. The van der Waals surface area contributed by atoms with Gasteiger partial charge in [0.05, 0.1) is 6.61 Å². The van der Waals surface area contributed by atoms with E-state index < -0.39 is 5.97 Å². The Hall–Kier alpha value is -3.15. The van der Waals surface area contributed by atoms with Gasteiger partial charge in [0, 0.05) is 22.3 Å². The normalized spacial score (nSPS) is 10.6. The van der Waals surface area contributed by atoms with Gasteiger partial charge in [-0.15, -0.1) is 0 Å². The molecule has 0 atom stereocenters. The summed E-state index contributed by atoms with van der Waals surface area (Å²) in [6.07, 6.45) is 1.48. The van der Waals surface area contributed by atoms with E-state index in [1.165, 1.54) is 13.2 Å². The Bertz CT molecular complexity index is 866. The van der Waals surface area contributed by atoms with E-state index in [0.29, 0.717) is 23.6 Å². The second kappa shape index (κ2) is 7.17. The zero-order valence-electron chi connectivity index (χ0n) is 13.9. The predicted molar refractivity (Wildman–Crippen MR) is 90.7 cm³/mol. The molecule has 2 aliphatic rings. The molecule has 1 heterocycles. The molecule has 1 aliphatic carbocycles. The van der Waals surface area contributed by atoms with Crippen LogP contribution < -0.4 is 4.74 Å². The summed E-state index contributed by atoms with van der Waals surface area (Å²) < 4.78 is 15.4. The third-order valence-electron chi connectivity index (χ3n) is 3.74. The molecule has 0 bridgehead atoms. The highest BCUT2D eigenvalue weighted by molar-refractivity contribution is 6.03. The molecular formula is C19H17NO5. The lowest BCUT2D eigenvalue weighted by atomic mass is 10.0. The third kappa shape index (κ3) is 3.52. The van der Waals surface area contributed by atoms with Gasteiger partial charge in [-0.25, -0.2) is 4.79 Å². The molecule has 0 saturated carbocycles. The summed E-state index contributed by atoms with van der Waals surface area (Å²) in [5.74, 6) is 0.114. The Labute approximate surface area is 144 Å². The van der Waals surface area contributed by atoms with Gasteiger partial charge in [0.25, 0.3) is 0 Å². The van der Waals surface area contributed by atoms with Crippen molar-refractivity contribution >= 4 is 11.8 Å². The number of carbonyl (C=O) groups is 2. The molecule has 0 aromatic heterocycles. The van der Waals surface area contributed by atoms with Crippen molar-refractivity contribution in [2.75, 3.05) is 13.2 Å². The molecule has 1 aromatic carbocycles. The van der Waals surface area contributed by atoms with Gasteiger partial charge in [-0.1, -0.05) is 11.2 Å². The molecule has 0 unspecified atom stereocenters. The van der Waals surface area contributed by atoms with Crippen molar-refractivity contribution in [2.24, 2.45) is 0 Å². The highest BCUT2D eigenvalue weighted by atomic mass is 16.6. The smallest absolute Gasteiger partial charge is 0.344 e. The topological polar surface area (TPSA) is 78.6 Å². The number of Topliss-reactive ketones (excluding diaryl/α,β-unsaturated/α-hetero) is 1. The summed E-state index contributed by atoms with van der Waals surface area (Å²) in [7, 11) is 0. The van der Waals surface area contributed by atoms with Crippen LogP contribution in [0.25, 0.3) is 22.4 Å². The molecule has 128 valence electrons.